The molecule has 3 aromatic rings. The molecule has 0 aliphatic carbocycles. The molecule has 0 atom stereocenters. The van der Waals surface area contributed by atoms with Gasteiger partial charge >= 0.3 is 6.18 Å². The lowest BCUT2D eigenvalue weighted by Gasteiger charge is -2.10. The Hall–Kier alpha value is -3.29. The number of aromatic nitrogens is 3. The highest BCUT2D eigenvalue weighted by atomic mass is 19.4. The van der Waals surface area contributed by atoms with Gasteiger partial charge in [0.25, 0.3) is 5.91 Å². The number of anilines is 1. The van der Waals surface area contributed by atoms with E-state index >= 15 is 0 Å². The van der Waals surface area contributed by atoms with Gasteiger partial charge < -0.3 is 5.32 Å². The highest BCUT2D eigenvalue weighted by Crippen LogP contribution is 2.30. The lowest BCUT2D eigenvalue weighted by atomic mass is 10.1. The number of hydrogen-bond donors (Lipinski definition) is 1. The van der Waals surface area contributed by atoms with Crippen molar-refractivity contribution in [2.75, 3.05) is 5.32 Å². The Kier molecular flexibility index (Phi) is 4.66. The average molecular weight is 358 g/mol. The van der Waals surface area contributed by atoms with Crippen LogP contribution >= 0.6 is 0 Å². The van der Waals surface area contributed by atoms with E-state index in [0.29, 0.717) is 16.8 Å². The minimum atomic E-state index is -4.42. The Morgan fingerprint density at radius 1 is 1.00 bits per heavy atom. The van der Waals surface area contributed by atoms with Crippen molar-refractivity contribution in [2.24, 2.45) is 0 Å². The number of alkyl halides is 3. The molecule has 0 unspecified atom stereocenters. The maximum atomic E-state index is 12.6. The number of aryl methyl sites for hydroxylation is 1. The van der Waals surface area contributed by atoms with Gasteiger partial charge in [-0.05, 0) is 42.8 Å². The summed E-state index contributed by atoms with van der Waals surface area (Å²) >= 11 is 0. The molecular weight excluding hydrogens is 345 g/mol. The molecular formula is C18H13F3N4O. The Morgan fingerprint density at radius 3 is 2.27 bits per heavy atom. The summed E-state index contributed by atoms with van der Waals surface area (Å²) in [5, 5.41) is 2.56. The van der Waals surface area contributed by atoms with Gasteiger partial charge in [-0.1, -0.05) is 6.07 Å². The predicted molar refractivity (Wildman–Crippen MR) is 89.4 cm³/mol. The number of nitrogens with one attached hydrogen (secondary N) is 1. The van der Waals surface area contributed by atoms with Crippen LogP contribution in [0.4, 0.5) is 18.9 Å². The second kappa shape index (κ2) is 6.91. The van der Waals surface area contributed by atoms with Gasteiger partial charge in [0, 0.05) is 23.6 Å². The molecule has 26 heavy (non-hydrogen) atoms. The standard InChI is InChI=1S/C18H13F3N4O/c1-11-2-7-15(12-8-22-10-23-9-12)25-16(11)17(26)24-14-5-3-13(4-6-14)18(19,20)21/h2-10H,1H3,(H,24,26). The van der Waals surface area contributed by atoms with E-state index in [0.717, 1.165) is 12.1 Å². The zero-order valence-electron chi connectivity index (χ0n) is 13.6. The molecule has 1 aromatic carbocycles. The van der Waals surface area contributed by atoms with Crippen molar-refractivity contribution in [2.45, 2.75) is 13.1 Å². The molecule has 5 nitrogen and oxygen atoms in total. The summed E-state index contributed by atoms with van der Waals surface area (Å²) in [5.41, 5.74) is 1.44. The summed E-state index contributed by atoms with van der Waals surface area (Å²) < 4.78 is 37.8. The molecule has 2 heterocycles. The van der Waals surface area contributed by atoms with Crippen LogP contribution in [0.5, 0.6) is 0 Å². The first kappa shape index (κ1) is 17.5. The topological polar surface area (TPSA) is 67.8 Å². The zero-order chi connectivity index (χ0) is 18.7. The highest BCUT2D eigenvalue weighted by molar-refractivity contribution is 6.04. The lowest BCUT2D eigenvalue weighted by Crippen LogP contribution is -2.16. The van der Waals surface area contributed by atoms with Gasteiger partial charge in [0.05, 0.1) is 11.3 Å². The molecule has 0 bridgehead atoms. The Morgan fingerprint density at radius 2 is 1.65 bits per heavy atom. The van der Waals surface area contributed by atoms with Crippen LogP contribution in [0, 0.1) is 6.92 Å². The van der Waals surface area contributed by atoms with Crippen molar-refractivity contribution in [3.8, 4) is 11.3 Å². The number of nitrogens with zero attached hydrogens (tertiary/aromatic N) is 3. The molecule has 0 fully saturated rings. The molecule has 1 amide bonds. The molecule has 0 saturated carbocycles. The van der Waals surface area contributed by atoms with E-state index in [9.17, 15) is 18.0 Å². The van der Waals surface area contributed by atoms with Crippen LogP contribution in [0.15, 0.2) is 55.1 Å². The van der Waals surface area contributed by atoms with Crippen LogP contribution < -0.4 is 5.32 Å². The molecule has 3 rings (SSSR count). The first-order valence-electron chi connectivity index (χ1n) is 7.56. The first-order valence-corrected chi connectivity index (χ1v) is 7.56. The summed E-state index contributed by atoms with van der Waals surface area (Å²) in [6.07, 6.45) is 0.104. The Balaban J connectivity index is 1.84. The van der Waals surface area contributed by atoms with Gasteiger partial charge in [-0.2, -0.15) is 13.2 Å². The molecule has 132 valence electrons. The quantitative estimate of drug-likeness (QED) is 0.765. The number of hydrogen-bond acceptors (Lipinski definition) is 4. The highest BCUT2D eigenvalue weighted by Gasteiger charge is 2.30. The fourth-order valence-corrected chi connectivity index (χ4v) is 2.28. The molecule has 0 radical (unpaired) electrons. The van der Waals surface area contributed by atoms with E-state index in [1.165, 1.54) is 18.5 Å². The van der Waals surface area contributed by atoms with E-state index < -0.39 is 17.6 Å². The minimum absolute atomic E-state index is 0.172. The summed E-state index contributed by atoms with van der Waals surface area (Å²) in [7, 11) is 0. The van der Waals surface area contributed by atoms with Gasteiger partial charge in [-0.25, -0.2) is 15.0 Å². The largest absolute Gasteiger partial charge is 0.416 e. The molecule has 0 saturated heterocycles. The van der Waals surface area contributed by atoms with Gasteiger partial charge in [0.2, 0.25) is 0 Å². The average Bonchev–Trinajstić information content (AvgIpc) is 2.62. The van der Waals surface area contributed by atoms with Gasteiger partial charge in [0.15, 0.2) is 0 Å². The summed E-state index contributed by atoms with van der Waals surface area (Å²) in [6, 6.07) is 7.69. The predicted octanol–water partition coefficient (Wildman–Crippen LogP) is 4.12. The second-order valence-electron chi connectivity index (χ2n) is 5.52. The summed E-state index contributed by atoms with van der Waals surface area (Å²) in [5.74, 6) is -0.513. The first-order chi connectivity index (χ1) is 12.3. The number of halogens is 3. The van der Waals surface area contributed by atoms with E-state index in [1.54, 1.807) is 31.5 Å². The second-order valence-corrected chi connectivity index (χ2v) is 5.52. The van der Waals surface area contributed by atoms with Crippen molar-refractivity contribution < 1.29 is 18.0 Å². The summed E-state index contributed by atoms with van der Waals surface area (Å²) in [4.78, 5) is 24.6. The number of pyridine rings is 1. The fraction of sp³-hybridized carbons (Fsp3) is 0.111. The van der Waals surface area contributed by atoms with Gasteiger partial charge in [-0.3, -0.25) is 4.79 Å². The van der Waals surface area contributed by atoms with Crippen LogP contribution in [-0.2, 0) is 6.18 Å². The lowest BCUT2D eigenvalue weighted by molar-refractivity contribution is -0.137. The van der Waals surface area contributed by atoms with Gasteiger partial charge in [-0.15, -0.1) is 0 Å². The Bertz CT molecular complexity index is 925. The third-order valence-electron chi connectivity index (χ3n) is 3.64. The molecule has 8 heteroatoms. The van der Waals surface area contributed by atoms with Crippen LogP contribution in [-0.4, -0.2) is 20.9 Å². The molecule has 0 aliphatic heterocycles. The number of amides is 1. The van der Waals surface area contributed by atoms with Crippen molar-refractivity contribution in [3.05, 3.63) is 71.9 Å². The molecule has 0 spiro atoms. The number of carbonyl (C=O) groups is 1. The van der Waals surface area contributed by atoms with E-state index in [-0.39, 0.29) is 11.4 Å². The van der Waals surface area contributed by atoms with E-state index in [2.05, 4.69) is 20.3 Å². The molecule has 0 aliphatic rings. The number of carbonyl (C=O) groups excluding carboxylic acids is 1. The smallest absolute Gasteiger partial charge is 0.321 e. The Labute approximate surface area is 147 Å². The van der Waals surface area contributed by atoms with Crippen LogP contribution in [0.25, 0.3) is 11.3 Å². The third-order valence-corrected chi connectivity index (χ3v) is 3.64. The third kappa shape index (κ3) is 3.85. The van der Waals surface area contributed by atoms with Crippen molar-refractivity contribution in [3.63, 3.8) is 0 Å². The monoisotopic (exact) mass is 358 g/mol. The number of rotatable bonds is 3. The van der Waals surface area contributed by atoms with Crippen LogP contribution in [0.1, 0.15) is 21.6 Å². The SMILES string of the molecule is Cc1ccc(-c2cncnc2)nc1C(=O)Nc1ccc(C(F)(F)F)cc1. The fourth-order valence-electron chi connectivity index (χ4n) is 2.28. The summed E-state index contributed by atoms with van der Waals surface area (Å²) in [6.45, 7) is 1.72. The minimum Gasteiger partial charge on any atom is -0.321 e. The van der Waals surface area contributed by atoms with Crippen LogP contribution in [0.2, 0.25) is 0 Å². The van der Waals surface area contributed by atoms with Gasteiger partial charge in [0.1, 0.15) is 12.0 Å². The normalized spacial score (nSPS) is 11.2. The number of benzene rings is 1. The van der Waals surface area contributed by atoms with Crippen LogP contribution in [0.3, 0.4) is 0 Å². The van der Waals surface area contributed by atoms with E-state index in [1.807, 2.05) is 0 Å². The van der Waals surface area contributed by atoms with E-state index in [4.69, 9.17) is 0 Å². The van der Waals surface area contributed by atoms with Crippen molar-refractivity contribution >= 4 is 11.6 Å². The zero-order valence-corrected chi connectivity index (χ0v) is 13.6. The molecule has 1 N–H and O–H groups in total. The van der Waals surface area contributed by atoms with Crippen molar-refractivity contribution in [1.82, 2.24) is 15.0 Å². The molecule has 2 aromatic heterocycles. The maximum absolute atomic E-state index is 12.6. The maximum Gasteiger partial charge on any atom is 0.416 e. The van der Waals surface area contributed by atoms with Crippen molar-refractivity contribution in [1.29, 1.82) is 0 Å².